The van der Waals surface area contributed by atoms with Gasteiger partial charge in [0.2, 0.25) is 10.0 Å². The summed E-state index contributed by atoms with van der Waals surface area (Å²) >= 11 is 0. The molecule has 108 valence electrons. The first-order chi connectivity index (χ1) is 9.03. The largest absolute Gasteiger partial charge is 0.399 e. The normalized spacial score (nSPS) is 11.6. The van der Waals surface area contributed by atoms with E-state index in [1.54, 1.807) is 24.3 Å². The number of rotatable bonds is 9. The Balaban J connectivity index is 2.32. The number of unbranched alkanes of at least 4 members (excludes halogenated alkanes) is 1. The highest BCUT2D eigenvalue weighted by atomic mass is 32.2. The van der Waals surface area contributed by atoms with Crippen molar-refractivity contribution >= 4 is 15.7 Å². The van der Waals surface area contributed by atoms with Gasteiger partial charge in [-0.15, -0.1) is 0 Å². The molecule has 0 unspecified atom stereocenters. The fourth-order valence-corrected chi connectivity index (χ4v) is 2.69. The molecular weight excluding hydrogens is 264 g/mol. The fraction of sp³-hybridized carbons (Fsp3) is 0.538. The topological polar surface area (TPSA) is 81.4 Å². The van der Waals surface area contributed by atoms with Crippen molar-refractivity contribution in [2.24, 2.45) is 0 Å². The van der Waals surface area contributed by atoms with E-state index in [-0.39, 0.29) is 5.75 Å². The first-order valence-electron chi connectivity index (χ1n) is 6.43. The van der Waals surface area contributed by atoms with Gasteiger partial charge in [-0.2, -0.15) is 0 Å². The lowest BCUT2D eigenvalue weighted by Gasteiger charge is -2.08. The van der Waals surface area contributed by atoms with Crippen LogP contribution in [-0.2, 0) is 20.5 Å². The van der Waals surface area contributed by atoms with Crippen molar-refractivity contribution in [2.75, 3.05) is 25.5 Å². The van der Waals surface area contributed by atoms with Crippen molar-refractivity contribution in [3.63, 3.8) is 0 Å². The molecule has 19 heavy (non-hydrogen) atoms. The molecule has 0 aromatic heterocycles. The standard InChI is InChI=1S/C13H22N2O3S/c1-2-3-8-18-9-7-15-19(16,17)11-12-5-4-6-13(14)10-12/h4-6,10,15H,2-3,7-9,11,14H2,1H3. The average molecular weight is 286 g/mol. The Labute approximate surface area is 115 Å². The van der Waals surface area contributed by atoms with E-state index in [2.05, 4.69) is 11.6 Å². The third kappa shape index (κ3) is 7.15. The molecule has 0 saturated heterocycles. The van der Waals surface area contributed by atoms with Crippen LogP contribution in [0.2, 0.25) is 0 Å². The summed E-state index contributed by atoms with van der Waals surface area (Å²) in [6.45, 7) is 3.45. The van der Waals surface area contributed by atoms with E-state index in [4.69, 9.17) is 10.5 Å². The lowest BCUT2D eigenvalue weighted by atomic mass is 10.2. The molecule has 5 nitrogen and oxygen atoms in total. The zero-order valence-corrected chi connectivity index (χ0v) is 12.1. The second-order valence-electron chi connectivity index (χ2n) is 4.36. The zero-order chi connectivity index (χ0) is 14.1. The Hall–Kier alpha value is -1.11. The Morgan fingerprint density at radius 1 is 1.32 bits per heavy atom. The monoisotopic (exact) mass is 286 g/mol. The first-order valence-corrected chi connectivity index (χ1v) is 8.08. The quantitative estimate of drug-likeness (QED) is 0.532. The highest BCUT2D eigenvalue weighted by Crippen LogP contribution is 2.09. The molecule has 0 saturated carbocycles. The Morgan fingerprint density at radius 3 is 2.79 bits per heavy atom. The number of ether oxygens (including phenoxy) is 1. The molecule has 0 heterocycles. The minimum Gasteiger partial charge on any atom is -0.399 e. The van der Waals surface area contributed by atoms with Crippen LogP contribution in [0.5, 0.6) is 0 Å². The molecule has 3 N–H and O–H groups in total. The second kappa shape index (κ2) is 8.14. The van der Waals surface area contributed by atoms with Crippen LogP contribution in [0.15, 0.2) is 24.3 Å². The third-order valence-corrected chi connectivity index (χ3v) is 3.88. The van der Waals surface area contributed by atoms with Gasteiger partial charge in [0.25, 0.3) is 0 Å². The molecule has 0 aliphatic carbocycles. The summed E-state index contributed by atoms with van der Waals surface area (Å²) < 4.78 is 31.4. The maximum Gasteiger partial charge on any atom is 0.215 e. The molecular formula is C13H22N2O3S. The molecule has 0 amide bonds. The molecule has 0 aliphatic heterocycles. The summed E-state index contributed by atoms with van der Waals surface area (Å²) in [6.07, 6.45) is 2.07. The minimum atomic E-state index is -3.33. The maximum absolute atomic E-state index is 11.8. The molecule has 6 heteroatoms. The third-order valence-electron chi connectivity index (χ3n) is 2.52. The van der Waals surface area contributed by atoms with Gasteiger partial charge >= 0.3 is 0 Å². The number of nitrogens with two attached hydrogens (primary N) is 1. The van der Waals surface area contributed by atoms with Crippen LogP contribution in [0.3, 0.4) is 0 Å². The summed E-state index contributed by atoms with van der Waals surface area (Å²) in [7, 11) is -3.33. The van der Waals surface area contributed by atoms with Crippen molar-refractivity contribution in [1.29, 1.82) is 0 Å². The molecule has 1 aromatic rings. The van der Waals surface area contributed by atoms with Crippen molar-refractivity contribution in [2.45, 2.75) is 25.5 Å². The van der Waals surface area contributed by atoms with Crippen molar-refractivity contribution in [3.05, 3.63) is 29.8 Å². The van der Waals surface area contributed by atoms with Gasteiger partial charge in [0, 0.05) is 18.8 Å². The summed E-state index contributed by atoms with van der Waals surface area (Å²) in [5.74, 6) is -0.0625. The molecule has 0 aliphatic rings. The van der Waals surface area contributed by atoms with Gasteiger partial charge in [0.1, 0.15) is 0 Å². The number of anilines is 1. The van der Waals surface area contributed by atoms with Crippen molar-refractivity contribution in [3.8, 4) is 0 Å². The highest BCUT2D eigenvalue weighted by molar-refractivity contribution is 7.88. The Bertz CT molecular complexity index is 475. The highest BCUT2D eigenvalue weighted by Gasteiger charge is 2.10. The van der Waals surface area contributed by atoms with Gasteiger partial charge < -0.3 is 10.5 Å². The van der Waals surface area contributed by atoms with Crippen LogP contribution in [0.1, 0.15) is 25.3 Å². The summed E-state index contributed by atoms with van der Waals surface area (Å²) in [5.41, 5.74) is 6.86. The van der Waals surface area contributed by atoms with E-state index in [0.717, 1.165) is 12.8 Å². The SMILES string of the molecule is CCCCOCCNS(=O)(=O)Cc1cccc(N)c1. The number of nitrogen functional groups attached to an aromatic ring is 1. The Morgan fingerprint density at radius 2 is 2.11 bits per heavy atom. The van der Waals surface area contributed by atoms with Gasteiger partial charge in [-0.25, -0.2) is 13.1 Å². The van der Waals surface area contributed by atoms with Crippen LogP contribution in [0.4, 0.5) is 5.69 Å². The van der Waals surface area contributed by atoms with Crippen molar-refractivity contribution in [1.82, 2.24) is 4.72 Å². The number of hydrogen-bond acceptors (Lipinski definition) is 4. The maximum atomic E-state index is 11.8. The predicted octanol–water partition coefficient (Wildman–Crippen LogP) is 1.50. The predicted molar refractivity (Wildman–Crippen MR) is 77.2 cm³/mol. The Kier molecular flexibility index (Phi) is 6.83. The van der Waals surface area contributed by atoms with Gasteiger partial charge in [-0.05, 0) is 24.1 Å². The molecule has 0 fully saturated rings. The van der Waals surface area contributed by atoms with Crippen LogP contribution in [-0.4, -0.2) is 28.2 Å². The van der Waals surface area contributed by atoms with Gasteiger partial charge in [0.15, 0.2) is 0 Å². The van der Waals surface area contributed by atoms with E-state index in [1.165, 1.54) is 0 Å². The van der Waals surface area contributed by atoms with E-state index >= 15 is 0 Å². The van der Waals surface area contributed by atoms with Gasteiger partial charge in [0.05, 0.1) is 12.4 Å². The second-order valence-corrected chi connectivity index (χ2v) is 6.17. The lowest BCUT2D eigenvalue weighted by Crippen LogP contribution is -2.28. The van der Waals surface area contributed by atoms with E-state index in [0.29, 0.717) is 31.0 Å². The fourth-order valence-electron chi connectivity index (χ4n) is 1.57. The summed E-state index contributed by atoms with van der Waals surface area (Å²) in [6, 6.07) is 6.88. The number of nitrogens with one attached hydrogen (secondary N) is 1. The van der Waals surface area contributed by atoms with Crippen molar-refractivity contribution < 1.29 is 13.2 Å². The summed E-state index contributed by atoms with van der Waals surface area (Å²) in [5, 5.41) is 0. The summed E-state index contributed by atoms with van der Waals surface area (Å²) in [4.78, 5) is 0. The smallest absolute Gasteiger partial charge is 0.215 e. The molecule has 1 aromatic carbocycles. The molecule has 1 rings (SSSR count). The molecule has 0 radical (unpaired) electrons. The van der Waals surface area contributed by atoms with E-state index in [9.17, 15) is 8.42 Å². The average Bonchev–Trinajstić information content (AvgIpc) is 2.33. The zero-order valence-electron chi connectivity index (χ0n) is 11.3. The lowest BCUT2D eigenvalue weighted by molar-refractivity contribution is 0.136. The van der Waals surface area contributed by atoms with Crippen LogP contribution in [0, 0.1) is 0 Å². The number of benzene rings is 1. The van der Waals surface area contributed by atoms with Crippen LogP contribution >= 0.6 is 0 Å². The van der Waals surface area contributed by atoms with Gasteiger partial charge in [-0.1, -0.05) is 25.5 Å². The van der Waals surface area contributed by atoms with E-state index in [1.807, 2.05) is 0 Å². The van der Waals surface area contributed by atoms with Gasteiger partial charge in [-0.3, -0.25) is 0 Å². The van der Waals surface area contributed by atoms with Crippen LogP contribution < -0.4 is 10.5 Å². The molecule has 0 bridgehead atoms. The minimum absolute atomic E-state index is 0.0625. The molecule has 0 spiro atoms. The first kappa shape index (κ1) is 15.9. The molecule has 0 atom stereocenters. The van der Waals surface area contributed by atoms with E-state index < -0.39 is 10.0 Å². The number of hydrogen-bond donors (Lipinski definition) is 2. The number of sulfonamides is 1. The van der Waals surface area contributed by atoms with Crippen LogP contribution in [0.25, 0.3) is 0 Å².